The molecule has 0 radical (unpaired) electrons. The Morgan fingerprint density at radius 2 is 2.29 bits per heavy atom. The van der Waals surface area contributed by atoms with E-state index in [9.17, 15) is 4.79 Å². The van der Waals surface area contributed by atoms with Crippen molar-refractivity contribution in [3.05, 3.63) is 41.3 Å². The molecule has 6 heteroatoms. The number of hydrogen-bond acceptors (Lipinski definition) is 4. The molecule has 0 bridgehead atoms. The van der Waals surface area contributed by atoms with Crippen LogP contribution in [0.15, 0.2) is 24.5 Å². The van der Waals surface area contributed by atoms with Gasteiger partial charge in [0.25, 0.3) is 0 Å². The number of aromatic nitrogens is 3. The van der Waals surface area contributed by atoms with Crippen molar-refractivity contribution in [3.8, 4) is 11.9 Å². The number of aromatic carboxylic acids is 1. The van der Waals surface area contributed by atoms with Crippen molar-refractivity contribution >= 4 is 5.97 Å². The standard InChI is InChI=1S/C11H8N4O2/c1-7-9(11(16)17)6-15(14-7)10-3-2-8(4-12)5-13-10/h2-3,5-6H,1H3,(H,16,17). The van der Waals surface area contributed by atoms with Gasteiger partial charge >= 0.3 is 5.97 Å². The lowest BCUT2D eigenvalue weighted by molar-refractivity contribution is 0.0696. The van der Waals surface area contributed by atoms with Gasteiger partial charge in [-0.25, -0.2) is 14.5 Å². The summed E-state index contributed by atoms with van der Waals surface area (Å²) in [6, 6.07) is 5.16. The van der Waals surface area contributed by atoms with Crippen LogP contribution in [0.4, 0.5) is 0 Å². The normalized spacial score (nSPS) is 9.88. The lowest BCUT2D eigenvalue weighted by Crippen LogP contribution is -1.98. The Hall–Kier alpha value is -2.68. The number of nitrogens with zero attached hydrogens (tertiary/aromatic N) is 4. The summed E-state index contributed by atoms with van der Waals surface area (Å²) in [6.07, 6.45) is 2.80. The Kier molecular flexibility index (Phi) is 2.58. The molecule has 17 heavy (non-hydrogen) atoms. The van der Waals surface area contributed by atoms with Crippen LogP contribution in [0.5, 0.6) is 0 Å². The van der Waals surface area contributed by atoms with Crippen LogP contribution in [0.25, 0.3) is 5.82 Å². The van der Waals surface area contributed by atoms with Crippen LogP contribution in [0, 0.1) is 18.3 Å². The number of nitriles is 1. The Balaban J connectivity index is 2.43. The minimum atomic E-state index is -1.03. The van der Waals surface area contributed by atoms with Gasteiger partial charge in [0.05, 0.1) is 11.3 Å². The molecular weight excluding hydrogens is 220 g/mol. The summed E-state index contributed by atoms with van der Waals surface area (Å²) >= 11 is 0. The monoisotopic (exact) mass is 228 g/mol. The number of carboxylic acid groups (broad SMARTS) is 1. The van der Waals surface area contributed by atoms with Gasteiger partial charge in [-0.1, -0.05) is 0 Å². The average molecular weight is 228 g/mol. The van der Waals surface area contributed by atoms with E-state index in [4.69, 9.17) is 10.4 Å². The second-order valence-electron chi connectivity index (χ2n) is 3.39. The first-order chi connectivity index (χ1) is 8.11. The molecule has 0 spiro atoms. The molecule has 0 amide bonds. The largest absolute Gasteiger partial charge is 0.478 e. The van der Waals surface area contributed by atoms with Crippen molar-refractivity contribution in [3.63, 3.8) is 0 Å². The quantitative estimate of drug-likeness (QED) is 0.832. The maximum Gasteiger partial charge on any atom is 0.339 e. The molecular formula is C11H8N4O2. The van der Waals surface area contributed by atoms with Crippen LogP contribution >= 0.6 is 0 Å². The predicted molar refractivity (Wildman–Crippen MR) is 57.8 cm³/mol. The van der Waals surface area contributed by atoms with E-state index >= 15 is 0 Å². The Bertz CT molecular complexity index is 607. The molecule has 0 aliphatic carbocycles. The Labute approximate surface area is 96.8 Å². The van der Waals surface area contributed by atoms with Gasteiger partial charge in [0.15, 0.2) is 5.82 Å². The number of carboxylic acids is 1. The number of pyridine rings is 1. The van der Waals surface area contributed by atoms with Crippen LogP contribution in [0.1, 0.15) is 21.6 Å². The third-order valence-electron chi connectivity index (χ3n) is 2.24. The molecule has 0 saturated heterocycles. The highest BCUT2D eigenvalue weighted by atomic mass is 16.4. The molecule has 0 aliphatic rings. The first-order valence-electron chi connectivity index (χ1n) is 4.78. The van der Waals surface area contributed by atoms with Gasteiger partial charge in [-0.2, -0.15) is 10.4 Å². The molecule has 84 valence electrons. The highest BCUT2D eigenvalue weighted by molar-refractivity contribution is 5.88. The molecule has 0 unspecified atom stereocenters. The smallest absolute Gasteiger partial charge is 0.339 e. The highest BCUT2D eigenvalue weighted by Gasteiger charge is 2.12. The SMILES string of the molecule is Cc1nn(-c2ccc(C#N)cn2)cc1C(=O)O. The summed E-state index contributed by atoms with van der Waals surface area (Å²) in [4.78, 5) is 14.9. The van der Waals surface area contributed by atoms with Crippen LogP contribution in [-0.4, -0.2) is 25.8 Å². The van der Waals surface area contributed by atoms with E-state index in [-0.39, 0.29) is 5.56 Å². The van der Waals surface area contributed by atoms with Crippen LogP contribution in [-0.2, 0) is 0 Å². The van der Waals surface area contributed by atoms with Gasteiger partial charge in [-0.05, 0) is 19.1 Å². The molecule has 0 atom stereocenters. The molecule has 0 aliphatic heterocycles. The summed E-state index contributed by atoms with van der Waals surface area (Å²) in [5, 5.41) is 21.6. The summed E-state index contributed by atoms with van der Waals surface area (Å²) in [5.41, 5.74) is 0.996. The molecule has 0 aromatic carbocycles. The van der Waals surface area contributed by atoms with Crippen LogP contribution in [0.3, 0.4) is 0 Å². The van der Waals surface area contributed by atoms with E-state index in [0.29, 0.717) is 17.1 Å². The summed E-state index contributed by atoms with van der Waals surface area (Å²) in [6.45, 7) is 1.61. The zero-order valence-electron chi connectivity index (χ0n) is 8.95. The summed E-state index contributed by atoms with van der Waals surface area (Å²) < 4.78 is 1.37. The lowest BCUT2D eigenvalue weighted by Gasteiger charge is -1.98. The van der Waals surface area contributed by atoms with Crippen LogP contribution in [0.2, 0.25) is 0 Å². The van der Waals surface area contributed by atoms with Gasteiger partial charge in [-0.3, -0.25) is 0 Å². The molecule has 1 N–H and O–H groups in total. The fourth-order valence-corrected chi connectivity index (χ4v) is 1.38. The van der Waals surface area contributed by atoms with Crippen molar-refractivity contribution in [2.75, 3.05) is 0 Å². The van der Waals surface area contributed by atoms with Gasteiger partial charge in [0.1, 0.15) is 11.6 Å². The van der Waals surface area contributed by atoms with Crippen molar-refractivity contribution < 1.29 is 9.90 Å². The first-order valence-corrected chi connectivity index (χ1v) is 4.78. The van der Waals surface area contributed by atoms with E-state index < -0.39 is 5.97 Å². The molecule has 2 rings (SSSR count). The predicted octanol–water partition coefficient (Wildman–Crippen LogP) is 1.15. The van der Waals surface area contributed by atoms with Gasteiger partial charge in [0, 0.05) is 12.4 Å². The molecule has 0 fully saturated rings. The van der Waals surface area contributed by atoms with E-state index in [1.165, 1.54) is 17.1 Å². The zero-order valence-corrected chi connectivity index (χ0v) is 8.95. The molecule has 6 nitrogen and oxygen atoms in total. The number of aryl methyl sites for hydroxylation is 1. The van der Waals surface area contributed by atoms with E-state index in [2.05, 4.69) is 10.1 Å². The number of carbonyl (C=O) groups is 1. The molecule has 2 aromatic heterocycles. The van der Waals surface area contributed by atoms with Gasteiger partial charge in [-0.15, -0.1) is 0 Å². The molecule has 2 heterocycles. The van der Waals surface area contributed by atoms with Crippen molar-refractivity contribution in [1.29, 1.82) is 5.26 Å². The summed E-state index contributed by atoms with van der Waals surface area (Å²) in [5.74, 6) is -0.554. The number of rotatable bonds is 2. The first kappa shape index (κ1) is 10.8. The minimum Gasteiger partial charge on any atom is -0.478 e. The fraction of sp³-hybridized carbons (Fsp3) is 0.0909. The fourth-order valence-electron chi connectivity index (χ4n) is 1.38. The maximum absolute atomic E-state index is 10.9. The average Bonchev–Trinajstić information content (AvgIpc) is 2.71. The summed E-state index contributed by atoms with van der Waals surface area (Å²) in [7, 11) is 0. The van der Waals surface area contributed by atoms with E-state index in [1.807, 2.05) is 6.07 Å². The molecule has 2 aromatic rings. The van der Waals surface area contributed by atoms with Gasteiger partial charge < -0.3 is 5.11 Å². The second kappa shape index (κ2) is 4.06. The molecule has 0 saturated carbocycles. The lowest BCUT2D eigenvalue weighted by atomic mass is 10.3. The number of hydrogen-bond donors (Lipinski definition) is 1. The van der Waals surface area contributed by atoms with Crippen LogP contribution < -0.4 is 0 Å². The third-order valence-corrected chi connectivity index (χ3v) is 2.24. The highest BCUT2D eigenvalue weighted by Crippen LogP contribution is 2.10. The maximum atomic E-state index is 10.9. The van der Waals surface area contributed by atoms with E-state index in [1.54, 1.807) is 19.1 Å². The van der Waals surface area contributed by atoms with Crippen molar-refractivity contribution in [2.24, 2.45) is 0 Å². The topological polar surface area (TPSA) is 91.8 Å². The van der Waals surface area contributed by atoms with Crippen molar-refractivity contribution in [1.82, 2.24) is 14.8 Å². The Morgan fingerprint density at radius 1 is 1.53 bits per heavy atom. The van der Waals surface area contributed by atoms with Gasteiger partial charge in [0.2, 0.25) is 0 Å². The third kappa shape index (κ3) is 1.99. The minimum absolute atomic E-state index is 0.135. The van der Waals surface area contributed by atoms with E-state index in [0.717, 1.165) is 0 Å². The van der Waals surface area contributed by atoms with Crippen molar-refractivity contribution in [2.45, 2.75) is 6.92 Å². The Morgan fingerprint density at radius 3 is 2.76 bits per heavy atom. The zero-order chi connectivity index (χ0) is 12.4. The second-order valence-corrected chi connectivity index (χ2v) is 3.39.